The van der Waals surface area contributed by atoms with Crippen LogP contribution in [0, 0.1) is 5.41 Å². The van der Waals surface area contributed by atoms with E-state index in [1.807, 2.05) is 6.92 Å². The Kier molecular flexibility index (Phi) is 11.2. The Morgan fingerprint density at radius 1 is 0.810 bits per heavy atom. The molecular weight excluding hydrogens is 280 g/mol. The zero-order valence-corrected chi connectivity index (χ0v) is 13.2. The number of rotatable bonds is 13. The summed E-state index contributed by atoms with van der Waals surface area (Å²) in [6.45, 7) is 5.32. The maximum Gasteiger partial charge on any atom is 0.0781 e. The van der Waals surface area contributed by atoms with Crippen LogP contribution in [0.3, 0.4) is 0 Å². The van der Waals surface area contributed by atoms with Gasteiger partial charge in [-0.3, -0.25) is 0 Å². The third kappa shape index (κ3) is 10.1. The third-order valence-electron chi connectivity index (χ3n) is 2.82. The van der Waals surface area contributed by atoms with E-state index in [0.29, 0.717) is 0 Å². The van der Waals surface area contributed by atoms with Crippen molar-refractivity contribution >= 4 is 0 Å². The summed E-state index contributed by atoms with van der Waals surface area (Å²) < 4.78 is 16.1. The van der Waals surface area contributed by atoms with Gasteiger partial charge in [0.15, 0.2) is 0 Å². The first-order chi connectivity index (χ1) is 9.85. The van der Waals surface area contributed by atoms with Gasteiger partial charge in [-0.05, 0) is 20.8 Å². The van der Waals surface area contributed by atoms with E-state index >= 15 is 0 Å². The lowest BCUT2D eigenvalue weighted by Gasteiger charge is -2.30. The summed E-state index contributed by atoms with van der Waals surface area (Å²) in [6.07, 6.45) is -1.33. The molecule has 0 saturated carbocycles. The average Bonchev–Trinajstić information content (AvgIpc) is 2.43. The van der Waals surface area contributed by atoms with Crippen LogP contribution in [-0.2, 0) is 14.2 Å². The largest absolute Gasteiger partial charge is 0.396 e. The highest BCUT2D eigenvalue weighted by Gasteiger charge is 2.30. The molecule has 0 unspecified atom stereocenters. The molecule has 3 atom stereocenters. The predicted molar refractivity (Wildman–Crippen MR) is 77.0 cm³/mol. The van der Waals surface area contributed by atoms with Gasteiger partial charge in [0, 0.05) is 0 Å². The lowest BCUT2D eigenvalue weighted by atomic mass is 9.92. The molecular formula is C14H30O7. The first kappa shape index (κ1) is 20.7. The smallest absolute Gasteiger partial charge is 0.0781 e. The van der Waals surface area contributed by atoms with Crippen molar-refractivity contribution in [2.45, 2.75) is 39.1 Å². The maximum absolute atomic E-state index is 9.44. The molecule has 0 spiro atoms. The first-order valence-electron chi connectivity index (χ1n) is 7.20. The van der Waals surface area contributed by atoms with Crippen molar-refractivity contribution in [3.05, 3.63) is 0 Å². The van der Waals surface area contributed by atoms with Crippen LogP contribution >= 0.6 is 0 Å². The molecule has 4 N–H and O–H groups in total. The number of hydrogen-bond acceptors (Lipinski definition) is 7. The van der Waals surface area contributed by atoms with Crippen molar-refractivity contribution in [2.24, 2.45) is 5.41 Å². The Labute approximate surface area is 126 Å². The molecule has 0 aliphatic heterocycles. The van der Waals surface area contributed by atoms with Crippen molar-refractivity contribution < 1.29 is 34.6 Å². The Bertz CT molecular complexity index is 241. The highest BCUT2D eigenvalue weighted by atomic mass is 16.5. The monoisotopic (exact) mass is 310 g/mol. The quantitative estimate of drug-likeness (QED) is 0.351. The highest BCUT2D eigenvalue weighted by Crippen LogP contribution is 2.17. The van der Waals surface area contributed by atoms with Crippen molar-refractivity contribution in [3.8, 4) is 0 Å². The van der Waals surface area contributed by atoms with Crippen LogP contribution in [0.4, 0.5) is 0 Å². The molecule has 0 fully saturated rings. The normalized spacial score (nSPS) is 16.7. The zero-order chi connectivity index (χ0) is 16.3. The second-order valence-electron chi connectivity index (χ2n) is 5.69. The molecule has 7 nitrogen and oxygen atoms in total. The van der Waals surface area contributed by atoms with Crippen LogP contribution in [0.25, 0.3) is 0 Å². The summed E-state index contributed by atoms with van der Waals surface area (Å²) >= 11 is 0. The summed E-state index contributed by atoms with van der Waals surface area (Å²) in [4.78, 5) is 0. The van der Waals surface area contributed by atoms with E-state index in [1.165, 1.54) is 0 Å². The van der Waals surface area contributed by atoms with Crippen molar-refractivity contribution in [1.29, 1.82) is 0 Å². The van der Waals surface area contributed by atoms with E-state index in [-0.39, 0.29) is 52.4 Å². The van der Waals surface area contributed by atoms with Crippen LogP contribution in [0.2, 0.25) is 0 Å². The van der Waals surface area contributed by atoms with E-state index in [1.54, 1.807) is 13.8 Å². The van der Waals surface area contributed by atoms with E-state index in [4.69, 9.17) is 24.4 Å². The van der Waals surface area contributed by atoms with Gasteiger partial charge in [-0.2, -0.15) is 0 Å². The van der Waals surface area contributed by atoms with E-state index < -0.39 is 17.6 Å². The SMILES string of the molecule is C[C@H](O)COCC(CO)(CO)COC[C@H](C)OC[C@H](C)O. The second kappa shape index (κ2) is 11.3. The number of aliphatic hydroxyl groups is 4. The van der Waals surface area contributed by atoms with Gasteiger partial charge in [0.05, 0.1) is 70.0 Å². The Morgan fingerprint density at radius 2 is 1.29 bits per heavy atom. The third-order valence-corrected chi connectivity index (χ3v) is 2.82. The van der Waals surface area contributed by atoms with Gasteiger partial charge in [0.1, 0.15) is 0 Å². The number of aliphatic hydroxyl groups excluding tert-OH is 4. The lowest BCUT2D eigenvalue weighted by molar-refractivity contribution is -0.104. The van der Waals surface area contributed by atoms with Crippen LogP contribution in [0.5, 0.6) is 0 Å². The second-order valence-corrected chi connectivity index (χ2v) is 5.69. The summed E-state index contributed by atoms with van der Waals surface area (Å²) in [5.74, 6) is 0. The molecule has 0 bridgehead atoms. The van der Waals surface area contributed by atoms with Gasteiger partial charge in [0.25, 0.3) is 0 Å². The first-order valence-corrected chi connectivity index (χ1v) is 7.20. The minimum atomic E-state index is -0.904. The molecule has 128 valence electrons. The molecule has 0 aromatic carbocycles. The van der Waals surface area contributed by atoms with Crippen LogP contribution < -0.4 is 0 Å². The molecule has 0 aliphatic rings. The standard InChI is InChI=1S/C14H30O7/c1-11(17)4-19-9-14(7-15,8-16)10-20-6-13(3)21-5-12(2)18/h11-13,15-18H,4-10H2,1-3H3/t11-,12-,13-/m0/s1. The molecule has 0 radical (unpaired) electrons. The van der Waals surface area contributed by atoms with Crippen LogP contribution in [-0.4, -0.2) is 85.0 Å². The molecule has 0 heterocycles. The Hall–Kier alpha value is -0.280. The van der Waals surface area contributed by atoms with Gasteiger partial charge in [-0.25, -0.2) is 0 Å². The van der Waals surface area contributed by atoms with E-state index in [0.717, 1.165) is 0 Å². The fourth-order valence-corrected chi connectivity index (χ4v) is 1.51. The number of ether oxygens (including phenoxy) is 3. The topological polar surface area (TPSA) is 109 Å². The summed E-state index contributed by atoms with van der Waals surface area (Å²) in [6, 6.07) is 0. The summed E-state index contributed by atoms with van der Waals surface area (Å²) in [5, 5.41) is 37.1. The van der Waals surface area contributed by atoms with Gasteiger partial charge in [-0.1, -0.05) is 0 Å². The van der Waals surface area contributed by atoms with Gasteiger partial charge >= 0.3 is 0 Å². The van der Waals surface area contributed by atoms with Gasteiger partial charge < -0.3 is 34.6 Å². The molecule has 0 aromatic heterocycles. The van der Waals surface area contributed by atoms with Crippen molar-refractivity contribution in [3.63, 3.8) is 0 Å². The van der Waals surface area contributed by atoms with Gasteiger partial charge in [0.2, 0.25) is 0 Å². The number of hydrogen-bond donors (Lipinski definition) is 4. The molecule has 0 rings (SSSR count). The lowest BCUT2D eigenvalue weighted by Crippen LogP contribution is -2.41. The summed E-state index contributed by atoms with van der Waals surface area (Å²) in [7, 11) is 0. The van der Waals surface area contributed by atoms with E-state index in [9.17, 15) is 10.2 Å². The van der Waals surface area contributed by atoms with Gasteiger partial charge in [-0.15, -0.1) is 0 Å². The maximum atomic E-state index is 9.44. The minimum Gasteiger partial charge on any atom is -0.396 e. The molecule has 7 heteroatoms. The zero-order valence-electron chi connectivity index (χ0n) is 13.2. The predicted octanol–water partition coefficient (Wildman–Crippen LogP) is -0.843. The van der Waals surface area contributed by atoms with Crippen LogP contribution in [0.15, 0.2) is 0 Å². The Balaban J connectivity index is 4.07. The fraction of sp³-hybridized carbons (Fsp3) is 1.00. The van der Waals surface area contributed by atoms with Crippen LogP contribution in [0.1, 0.15) is 20.8 Å². The van der Waals surface area contributed by atoms with E-state index in [2.05, 4.69) is 0 Å². The summed E-state index contributed by atoms with van der Waals surface area (Å²) in [5.41, 5.74) is -0.904. The molecule has 0 amide bonds. The molecule has 0 saturated heterocycles. The minimum absolute atomic E-state index is 0.0911. The molecule has 0 aromatic rings. The van der Waals surface area contributed by atoms with Crippen molar-refractivity contribution in [1.82, 2.24) is 0 Å². The fourth-order valence-electron chi connectivity index (χ4n) is 1.51. The molecule has 21 heavy (non-hydrogen) atoms. The highest BCUT2D eigenvalue weighted by molar-refractivity contribution is 4.77. The molecule has 0 aliphatic carbocycles. The van der Waals surface area contributed by atoms with Crippen molar-refractivity contribution in [2.75, 3.05) is 46.2 Å². The Morgan fingerprint density at radius 3 is 1.71 bits per heavy atom. The average molecular weight is 310 g/mol.